The average Bonchev–Trinajstić information content (AvgIpc) is 2.28. The van der Waals surface area contributed by atoms with Gasteiger partial charge in [-0.2, -0.15) is 4.31 Å². The molecule has 0 saturated carbocycles. The maximum atomic E-state index is 11.4. The largest absolute Gasteiger partial charge is 0.302 e. The first kappa shape index (κ1) is 13.2. The highest BCUT2D eigenvalue weighted by molar-refractivity contribution is 7.88. The van der Waals surface area contributed by atoms with Gasteiger partial charge in [-0.3, -0.25) is 10.2 Å². The van der Waals surface area contributed by atoms with E-state index in [0.717, 1.165) is 32.7 Å². The number of sulfonamides is 1. The third kappa shape index (κ3) is 3.38. The molecular formula is C10H22N4O2S. The van der Waals surface area contributed by atoms with Crippen molar-refractivity contribution in [1.29, 1.82) is 0 Å². The average molecular weight is 262 g/mol. The second-order valence-corrected chi connectivity index (χ2v) is 6.91. The summed E-state index contributed by atoms with van der Waals surface area (Å²) in [5, 5.41) is 3.49. The van der Waals surface area contributed by atoms with Gasteiger partial charge in [-0.05, 0) is 7.05 Å². The highest BCUT2D eigenvalue weighted by Gasteiger charge is 2.29. The number of nitrogens with one attached hydrogen (secondary N) is 1. The summed E-state index contributed by atoms with van der Waals surface area (Å²) in [4.78, 5) is 4.65. The van der Waals surface area contributed by atoms with Crippen LogP contribution in [0.2, 0.25) is 0 Å². The minimum absolute atomic E-state index is 0.371. The number of rotatable bonds is 2. The van der Waals surface area contributed by atoms with Crippen molar-refractivity contribution in [3.8, 4) is 0 Å². The third-order valence-corrected chi connectivity index (χ3v) is 4.84. The minimum atomic E-state index is -3.01. The summed E-state index contributed by atoms with van der Waals surface area (Å²) in [6, 6.07) is 0. The summed E-state index contributed by atoms with van der Waals surface area (Å²) < 4.78 is 24.4. The lowest BCUT2D eigenvalue weighted by Crippen LogP contribution is -2.61. The van der Waals surface area contributed by atoms with Gasteiger partial charge >= 0.3 is 0 Å². The first-order chi connectivity index (χ1) is 7.97. The van der Waals surface area contributed by atoms with Crippen LogP contribution in [0.3, 0.4) is 0 Å². The van der Waals surface area contributed by atoms with Crippen molar-refractivity contribution in [2.24, 2.45) is 0 Å². The molecule has 100 valence electrons. The topological polar surface area (TPSA) is 55.9 Å². The fourth-order valence-electron chi connectivity index (χ4n) is 2.46. The van der Waals surface area contributed by atoms with Crippen LogP contribution in [0.25, 0.3) is 0 Å². The lowest BCUT2D eigenvalue weighted by Gasteiger charge is -2.42. The first-order valence-electron chi connectivity index (χ1n) is 6.08. The van der Waals surface area contributed by atoms with Gasteiger partial charge in [0.05, 0.1) is 12.4 Å². The quantitative estimate of drug-likeness (QED) is 0.651. The molecule has 2 fully saturated rings. The van der Waals surface area contributed by atoms with Gasteiger partial charge in [0.1, 0.15) is 0 Å². The zero-order chi connectivity index (χ0) is 12.5. The molecule has 6 nitrogen and oxygen atoms in total. The van der Waals surface area contributed by atoms with Crippen LogP contribution < -0.4 is 5.32 Å². The molecule has 2 aliphatic rings. The molecule has 7 heteroatoms. The summed E-state index contributed by atoms with van der Waals surface area (Å²) in [5.41, 5.74) is 0. The molecule has 0 amide bonds. The lowest BCUT2D eigenvalue weighted by molar-refractivity contribution is 0.0696. The Balaban J connectivity index is 1.86. The van der Waals surface area contributed by atoms with E-state index in [1.807, 2.05) is 0 Å². The summed E-state index contributed by atoms with van der Waals surface area (Å²) in [5.74, 6) is 0. The van der Waals surface area contributed by atoms with E-state index < -0.39 is 10.0 Å². The molecule has 1 N–H and O–H groups in total. The van der Waals surface area contributed by atoms with Gasteiger partial charge in [0, 0.05) is 45.8 Å². The molecule has 1 atom stereocenters. The summed E-state index contributed by atoms with van der Waals surface area (Å²) in [7, 11) is -0.889. The number of nitrogens with zero attached hydrogens (tertiary/aromatic N) is 3. The van der Waals surface area contributed by atoms with Gasteiger partial charge in [-0.1, -0.05) is 0 Å². The van der Waals surface area contributed by atoms with E-state index in [2.05, 4.69) is 22.2 Å². The monoisotopic (exact) mass is 262 g/mol. The van der Waals surface area contributed by atoms with Gasteiger partial charge in [0.15, 0.2) is 0 Å². The molecule has 1 unspecified atom stereocenters. The summed E-state index contributed by atoms with van der Waals surface area (Å²) in [6.45, 7) is 5.96. The van der Waals surface area contributed by atoms with E-state index in [0.29, 0.717) is 19.3 Å². The molecule has 2 rings (SSSR count). The van der Waals surface area contributed by atoms with Gasteiger partial charge in [0.25, 0.3) is 0 Å². The molecule has 0 aromatic carbocycles. The van der Waals surface area contributed by atoms with Crippen LogP contribution in [0.5, 0.6) is 0 Å². The smallest absolute Gasteiger partial charge is 0.211 e. The van der Waals surface area contributed by atoms with Gasteiger partial charge < -0.3 is 4.90 Å². The Morgan fingerprint density at radius 1 is 1.12 bits per heavy atom. The second-order valence-electron chi connectivity index (χ2n) is 4.93. The zero-order valence-electron chi connectivity index (χ0n) is 10.6. The molecule has 0 aromatic rings. The second kappa shape index (κ2) is 5.19. The number of piperazine rings is 2. The molecule has 0 aliphatic carbocycles. The minimum Gasteiger partial charge on any atom is -0.302 e. The lowest BCUT2D eigenvalue weighted by atomic mass is 10.2. The Morgan fingerprint density at radius 2 is 1.76 bits per heavy atom. The molecule has 2 saturated heterocycles. The van der Waals surface area contributed by atoms with Crippen molar-refractivity contribution >= 4 is 10.0 Å². The maximum Gasteiger partial charge on any atom is 0.211 e. The van der Waals surface area contributed by atoms with Gasteiger partial charge in [0.2, 0.25) is 10.0 Å². The van der Waals surface area contributed by atoms with Crippen LogP contribution in [0, 0.1) is 0 Å². The van der Waals surface area contributed by atoms with Crippen molar-refractivity contribution in [3.63, 3.8) is 0 Å². The van der Waals surface area contributed by atoms with Crippen molar-refractivity contribution in [1.82, 2.24) is 19.4 Å². The first-order valence-corrected chi connectivity index (χ1v) is 7.93. The van der Waals surface area contributed by atoms with E-state index in [-0.39, 0.29) is 0 Å². The van der Waals surface area contributed by atoms with Crippen molar-refractivity contribution < 1.29 is 8.42 Å². The Kier molecular flexibility index (Phi) is 4.04. The van der Waals surface area contributed by atoms with Crippen molar-refractivity contribution in [2.75, 3.05) is 59.1 Å². The highest BCUT2D eigenvalue weighted by Crippen LogP contribution is 2.10. The molecule has 0 bridgehead atoms. The highest BCUT2D eigenvalue weighted by atomic mass is 32.2. The summed E-state index contributed by atoms with van der Waals surface area (Å²) in [6.07, 6.45) is 1.66. The predicted molar refractivity (Wildman–Crippen MR) is 67.3 cm³/mol. The molecule has 0 radical (unpaired) electrons. The fraction of sp³-hybridized carbons (Fsp3) is 1.00. The van der Waals surface area contributed by atoms with E-state index in [9.17, 15) is 8.42 Å². The van der Waals surface area contributed by atoms with Crippen LogP contribution in [0.4, 0.5) is 0 Å². The van der Waals surface area contributed by atoms with Gasteiger partial charge in [-0.25, -0.2) is 8.42 Å². The molecule has 0 aromatic heterocycles. The number of hydrogen-bond donors (Lipinski definition) is 1. The Morgan fingerprint density at radius 3 is 2.29 bits per heavy atom. The van der Waals surface area contributed by atoms with Gasteiger partial charge in [-0.15, -0.1) is 0 Å². The Hall–Kier alpha value is -0.210. The molecule has 0 spiro atoms. The normalized spacial score (nSPS) is 30.6. The van der Waals surface area contributed by atoms with E-state index in [4.69, 9.17) is 0 Å². The maximum absolute atomic E-state index is 11.4. The van der Waals surface area contributed by atoms with E-state index in [1.54, 1.807) is 4.31 Å². The Bertz CT molecular complexity index is 351. The molecule has 2 heterocycles. The van der Waals surface area contributed by atoms with Crippen molar-refractivity contribution in [2.45, 2.75) is 6.17 Å². The molecule has 17 heavy (non-hydrogen) atoms. The zero-order valence-corrected chi connectivity index (χ0v) is 11.4. The fourth-order valence-corrected chi connectivity index (χ4v) is 3.29. The molecular weight excluding hydrogens is 240 g/mol. The van der Waals surface area contributed by atoms with E-state index >= 15 is 0 Å². The standard InChI is InChI=1S/C10H22N4O2S/c1-12-4-3-11-10(9-12)13-5-7-14(8-6-13)17(2,15)16/h10-11H,3-9H2,1-2H3. The van der Waals surface area contributed by atoms with E-state index in [1.165, 1.54) is 6.26 Å². The Labute approximate surface area is 104 Å². The van der Waals surface area contributed by atoms with Crippen LogP contribution in [-0.2, 0) is 10.0 Å². The number of likely N-dealkylation sites (N-methyl/N-ethyl adjacent to an activating group) is 1. The SMILES string of the molecule is CN1CCNC(N2CCN(S(C)(=O)=O)CC2)C1. The predicted octanol–water partition coefficient (Wildman–Crippen LogP) is -1.58. The van der Waals surface area contributed by atoms with Crippen LogP contribution in [0.15, 0.2) is 0 Å². The van der Waals surface area contributed by atoms with Crippen LogP contribution in [-0.4, -0.2) is 87.8 Å². The van der Waals surface area contributed by atoms with Crippen LogP contribution in [0.1, 0.15) is 0 Å². The number of hydrogen-bond acceptors (Lipinski definition) is 5. The molecule has 2 aliphatic heterocycles. The van der Waals surface area contributed by atoms with Crippen molar-refractivity contribution in [3.05, 3.63) is 0 Å². The summed E-state index contributed by atoms with van der Waals surface area (Å²) >= 11 is 0. The van der Waals surface area contributed by atoms with Crippen LogP contribution >= 0.6 is 0 Å². The third-order valence-electron chi connectivity index (χ3n) is 3.54.